The molecule has 3 nitrogen and oxygen atoms in total. The van der Waals surface area contributed by atoms with E-state index in [0.29, 0.717) is 6.54 Å². The van der Waals surface area contributed by atoms with Crippen molar-refractivity contribution in [2.45, 2.75) is 12.6 Å². The third-order valence-corrected chi connectivity index (χ3v) is 4.43. The first-order chi connectivity index (χ1) is 9.08. The van der Waals surface area contributed by atoms with Crippen LogP contribution in [0, 0.1) is 0 Å². The van der Waals surface area contributed by atoms with E-state index in [4.69, 9.17) is 5.73 Å². The Hall–Kier alpha value is -0.880. The Kier molecular flexibility index (Phi) is 6.68. The molecule has 2 rings (SSSR count). The maximum Gasteiger partial charge on any atom is 0.244 e. The van der Waals surface area contributed by atoms with Crippen molar-refractivity contribution in [1.82, 2.24) is 4.90 Å². The minimum atomic E-state index is -0.602. The molecule has 20 heavy (non-hydrogen) atoms. The van der Waals surface area contributed by atoms with E-state index in [9.17, 15) is 4.79 Å². The van der Waals surface area contributed by atoms with Gasteiger partial charge in [0.05, 0.1) is 10.3 Å². The Balaban J connectivity index is 0.00000200. The molecule has 0 fully saturated rings. The van der Waals surface area contributed by atoms with Gasteiger partial charge in [-0.05, 0) is 33.6 Å². The summed E-state index contributed by atoms with van der Waals surface area (Å²) in [5, 5.41) is 0. The van der Waals surface area contributed by atoms with Crippen molar-refractivity contribution in [3.8, 4) is 0 Å². The average molecular weight is 376 g/mol. The van der Waals surface area contributed by atoms with Crippen LogP contribution in [0.2, 0.25) is 0 Å². The molecule has 1 aromatic carbocycles. The SMILES string of the molecule is CN(Cc1ccc(Br)s1)C(=O)C(N)c1ccccc1.Cl. The Bertz CT molecular complexity index is 561. The largest absolute Gasteiger partial charge is 0.339 e. The third-order valence-electron chi connectivity index (χ3n) is 2.82. The molecule has 2 aromatic rings. The van der Waals surface area contributed by atoms with Gasteiger partial charge in [-0.1, -0.05) is 30.3 Å². The lowest BCUT2D eigenvalue weighted by Gasteiger charge is -2.21. The van der Waals surface area contributed by atoms with Crippen molar-refractivity contribution in [3.05, 3.63) is 56.7 Å². The van der Waals surface area contributed by atoms with Crippen LogP contribution in [-0.4, -0.2) is 17.9 Å². The Labute approximate surface area is 137 Å². The van der Waals surface area contributed by atoms with Gasteiger partial charge in [-0.2, -0.15) is 0 Å². The van der Waals surface area contributed by atoms with Crippen LogP contribution in [0.1, 0.15) is 16.5 Å². The van der Waals surface area contributed by atoms with Crippen LogP contribution in [0.25, 0.3) is 0 Å². The summed E-state index contributed by atoms with van der Waals surface area (Å²) in [7, 11) is 1.78. The summed E-state index contributed by atoms with van der Waals surface area (Å²) in [6.07, 6.45) is 0. The monoisotopic (exact) mass is 374 g/mol. The molecule has 0 aliphatic carbocycles. The molecule has 1 aromatic heterocycles. The number of nitrogens with zero attached hydrogens (tertiary/aromatic N) is 1. The zero-order valence-electron chi connectivity index (χ0n) is 11.0. The number of benzene rings is 1. The van der Waals surface area contributed by atoms with E-state index in [-0.39, 0.29) is 18.3 Å². The summed E-state index contributed by atoms with van der Waals surface area (Å²) >= 11 is 5.04. The lowest BCUT2D eigenvalue weighted by atomic mass is 10.1. The fourth-order valence-electron chi connectivity index (χ4n) is 1.79. The van der Waals surface area contributed by atoms with Gasteiger partial charge in [-0.15, -0.1) is 23.7 Å². The van der Waals surface area contributed by atoms with Crippen LogP contribution in [0.4, 0.5) is 0 Å². The number of nitrogens with two attached hydrogens (primary N) is 1. The first-order valence-corrected chi connectivity index (χ1v) is 7.48. The molecular weight excluding hydrogens is 360 g/mol. The van der Waals surface area contributed by atoms with Crippen molar-refractivity contribution in [2.75, 3.05) is 7.05 Å². The van der Waals surface area contributed by atoms with Crippen molar-refractivity contribution < 1.29 is 4.79 Å². The minimum Gasteiger partial charge on any atom is -0.339 e. The highest BCUT2D eigenvalue weighted by molar-refractivity contribution is 9.11. The molecule has 108 valence electrons. The van der Waals surface area contributed by atoms with Crippen LogP contribution in [0.3, 0.4) is 0 Å². The number of carbonyl (C=O) groups is 1. The Morgan fingerprint density at radius 3 is 2.50 bits per heavy atom. The Morgan fingerprint density at radius 1 is 1.30 bits per heavy atom. The summed E-state index contributed by atoms with van der Waals surface area (Å²) in [6, 6.07) is 12.8. The second-order valence-corrected chi connectivity index (χ2v) is 6.84. The molecule has 1 amide bonds. The van der Waals surface area contributed by atoms with Crippen LogP contribution in [-0.2, 0) is 11.3 Å². The van der Waals surface area contributed by atoms with Crippen LogP contribution < -0.4 is 5.73 Å². The second-order valence-electron chi connectivity index (χ2n) is 4.29. The summed E-state index contributed by atoms with van der Waals surface area (Å²) < 4.78 is 1.07. The van der Waals surface area contributed by atoms with Gasteiger partial charge < -0.3 is 10.6 Å². The van der Waals surface area contributed by atoms with Crippen molar-refractivity contribution in [1.29, 1.82) is 0 Å². The summed E-state index contributed by atoms with van der Waals surface area (Å²) in [6.45, 7) is 0.579. The molecule has 1 unspecified atom stereocenters. The molecule has 2 N–H and O–H groups in total. The predicted octanol–water partition coefficient (Wildman–Crippen LogP) is 3.59. The summed E-state index contributed by atoms with van der Waals surface area (Å²) in [5.41, 5.74) is 6.84. The van der Waals surface area contributed by atoms with Crippen LogP contribution in [0.15, 0.2) is 46.3 Å². The fourth-order valence-corrected chi connectivity index (χ4v) is 3.33. The molecule has 0 saturated heterocycles. The van der Waals surface area contributed by atoms with E-state index < -0.39 is 6.04 Å². The number of likely N-dealkylation sites (N-methyl/N-ethyl adjacent to an activating group) is 1. The van der Waals surface area contributed by atoms with E-state index in [1.54, 1.807) is 23.3 Å². The maximum atomic E-state index is 12.2. The van der Waals surface area contributed by atoms with E-state index in [1.807, 2.05) is 42.5 Å². The topological polar surface area (TPSA) is 46.3 Å². The smallest absolute Gasteiger partial charge is 0.244 e. The molecular formula is C14H16BrClN2OS. The van der Waals surface area contributed by atoms with Gasteiger partial charge in [0.25, 0.3) is 0 Å². The maximum absolute atomic E-state index is 12.2. The number of hydrogen-bond donors (Lipinski definition) is 1. The van der Waals surface area contributed by atoms with E-state index in [2.05, 4.69) is 15.9 Å². The van der Waals surface area contributed by atoms with Crippen molar-refractivity contribution in [3.63, 3.8) is 0 Å². The van der Waals surface area contributed by atoms with Gasteiger partial charge in [0, 0.05) is 11.9 Å². The molecule has 1 atom stereocenters. The number of thiophene rings is 1. The summed E-state index contributed by atoms with van der Waals surface area (Å²) in [5.74, 6) is -0.0734. The van der Waals surface area contributed by atoms with Crippen molar-refractivity contribution >= 4 is 45.6 Å². The quantitative estimate of drug-likeness (QED) is 0.887. The second kappa shape index (κ2) is 7.78. The highest BCUT2D eigenvalue weighted by Crippen LogP contribution is 2.23. The molecule has 0 aliphatic rings. The third kappa shape index (κ3) is 4.31. The number of halogens is 2. The van der Waals surface area contributed by atoms with Gasteiger partial charge in [-0.3, -0.25) is 4.79 Å². The van der Waals surface area contributed by atoms with Gasteiger partial charge in [-0.25, -0.2) is 0 Å². The zero-order chi connectivity index (χ0) is 13.8. The lowest BCUT2D eigenvalue weighted by Crippen LogP contribution is -2.35. The first kappa shape index (κ1) is 17.2. The highest BCUT2D eigenvalue weighted by Gasteiger charge is 2.19. The number of hydrogen-bond acceptors (Lipinski definition) is 3. The van der Waals surface area contributed by atoms with E-state index >= 15 is 0 Å². The van der Waals surface area contributed by atoms with Gasteiger partial charge in [0.2, 0.25) is 5.91 Å². The molecule has 0 saturated carbocycles. The fraction of sp³-hybridized carbons (Fsp3) is 0.214. The average Bonchev–Trinajstić information content (AvgIpc) is 2.83. The molecule has 0 radical (unpaired) electrons. The highest BCUT2D eigenvalue weighted by atomic mass is 79.9. The van der Waals surface area contributed by atoms with E-state index in [0.717, 1.165) is 14.2 Å². The van der Waals surface area contributed by atoms with Gasteiger partial charge >= 0.3 is 0 Å². The van der Waals surface area contributed by atoms with Gasteiger partial charge in [0.1, 0.15) is 6.04 Å². The van der Waals surface area contributed by atoms with E-state index in [1.165, 1.54) is 0 Å². The molecule has 0 bridgehead atoms. The molecule has 0 spiro atoms. The van der Waals surface area contributed by atoms with Crippen LogP contribution >= 0.6 is 39.7 Å². The lowest BCUT2D eigenvalue weighted by molar-refractivity contribution is -0.131. The zero-order valence-corrected chi connectivity index (χ0v) is 14.2. The van der Waals surface area contributed by atoms with Gasteiger partial charge in [0.15, 0.2) is 0 Å². The number of carbonyl (C=O) groups excluding carboxylic acids is 1. The van der Waals surface area contributed by atoms with Crippen molar-refractivity contribution in [2.24, 2.45) is 5.73 Å². The minimum absolute atomic E-state index is 0. The molecule has 1 heterocycles. The number of rotatable bonds is 4. The summed E-state index contributed by atoms with van der Waals surface area (Å²) in [4.78, 5) is 15.0. The Morgan fingerprint density at radius 2 is 1.95 bits per heavy atom. The normalized spacial score (nSPS) is 11.6. The first-order valence-electron chi connectivity index (χ1n) is 5.87. The van der Waals surface area contributed by atoms with Crippen LogP contribution in [0.5, 0.6) is 0 Å². The standard InChI is InChI=1S/C14H15BrN2OS.ClH/c1-17(9-11-7-8-12(15)19-11)14(18)13(16)10-5-3-2-4-6-10;/h2-8,13H,9,16H2,1H3;1H. The molecule has 0 aliphatic heterocycles. The number of amides is 1. The predicted molar refractivity (Wildman–Crippen MR) is 89.1 cm³/mol. The molecule has 6 heteroatoms.